The molecule has 1 aromatic heterocycles. The quantitative estimate of drug-likeness (QED) is 0.840. The first-order valence-corrected chi connectivity index (χ1v) is 6.12. The third kappa shape index (κ3) is 3.35. The Morgan fingerprint density at radius 2 is 2.00 bits per heavy atom. The van der Waals surface area contributed by atoms with Crippen molar-refractivity contribution in [3.05, 3.63) is 59.4 Å². The minimum absolute atomic E-state index is 0.260. The highest BCUT2D eigenvalue weighted by Gasteiger charge is 2.08. The zero-order valence-corrected chi connectivity index (χ0v) is 11.2. The number of pyridine rings is 1. The Labute approximate surface area is 116 Å². The lowest BCUT2D eigenvalue weighted by Gasteiger charge is -2.06. The number of hydrogen-bond donors (Lipinski definition) is 2. The standard InChI is InChI=1S/C14H13N3OS/c1-9-4-2-7-12(16-9)14(18)17-11-6-3-5-10(8-11)13(15)19/h2-8H,1H3,(H2,15,19)(H,17,18). The van der Waals surface area contributed by atoms with E-state index < -0.39 is 0 Å². The molecule has 5 heteroatoms. The minimum Gasteiger partial charge on any atom is -0.389 e. The highest BCUT2D eigenvalue weighted by atomic mass is 32.1. The molecular formula is C14H13N3OS. The molecule has 0 atom stereocenters. The Morgan fingerprint density at radius 1 is 1.26 bits per heavy atom. The van der Waals surface area contributed by atoms with Crippen molar-refractivity contribution in [2.75, 3.05) is 5.32 Å². The molecule has 0 aliphatic heterocycles. The van der Waals surface area contributed by atoms with Crippen molar-refractivity contribution in [1.82, 2.24) is 4.98 Å². The van der Waals surface area contributed by atoms with Crippen LogP contribution in [0.5, 0.6) is 0 Å². The smallest absolute Gasteiger partial charge is 0.274 e. The molecule has 4 nitrogen and oxygen atoms in total. The van der Waals surface area contributed by atoms with Gasteiger partial charge in [-0.1, -0.05) is 30.4 Å². The molecule has 1 aromatic carbocycles. The van der Waals surface area contributed by atoms with Crippen LogP contribution in [0.3, 0.4) is 0 Å². The van der Waals surface area contributed by atoms with E-state index >= 15 is 0 Å². The van der Waals surface area contributed by atoms with Gasteiger partial charge in [0.2, 0.25) is 0 Å². The average Bonchev–Trinajstić information content (AvgIpc) is 2.39. The fourth-order valence-electron chi connectivity index (χ4n) is 1.61. The number of carbonyl (C=O) groups excluding carboxylic acids is 1. The first-order valence-electron chi connectivity index (χ1n) is 5.71. The van der Waals surface area contributed by atoms with Crippen LogP contribution in [0.2, 0.25) is 0 Å². The molecule has 0 saturated carbocycles. The Balaban J connectivity index is 2.19. The molecule has 0 aliphatic carbocycles. The summed E-state index contributed by atoms with van der Waals surface area (Å²) in [5.41, 5.74) is 8.07. The number of rotatable bonds is 3. The van der Waals surface area contributed by atoms with Gasteiger partial charge >= 0.3 is 0 Å². The van der Waals surface area contributed by atoms with Crippen LogP contribution in [0.4, 0.5) is 5.69 Å². The summed E-state index contributed by atoms with van der Waals surface area (Å²) in [5, 5.41) is 2.76. The molecule has 0 fully saturated rings. The monoisotopic (exact) mass is 271 g/mol. The molecular weight excluding hydrogens is 258 g/mol. The highest BCUT2D eigenvalue weighted by Crippen LogP contribution is 2.12. The lowest BCUT2D eigenvalue weighted by molar-refractivity contribution is 0.102. The maximum absolute atomic E-state index is 12.0. The Kier molecular flexibility index (Phi) is 3.87. The number of aromatic nitrogens is 1. The molecule has 2 rings (SSSR count). The van der Waals surface area contributed by atoms with E-state index in [0.29, 0.717) is 21.9 Å². The van der Waals surface area contributed by atoms with E-state index in [1.54, 1.807) is 36.4 Å². The summed E-state index contributed by atoms with van der Waals surface area (Å²) in [4.78, 5) is 16.5. The second-order valence-electron chi connectivity index (χ2n) is 4.06. The summed E-state index contributed by atoms with van der Waals surface area (Å²) >= 11 is 4.90. The topological polar surface area (TPSA) is 68.0 Å². The molecule has 96 valence electrons. The molecule has 1 amide bonds. The summed E-state index contributed by atoms with van der Waals surface area (Å²) < 4.78 is 0. The maximum Gasteiger partial charge on any atom is 0.274 e. The predicted molar refractivity (Wildman–Crippen MR) is 79.3 cm³/mol. The number of anilines is 1. The Morgan fingerprint density at radius 3 is 2.68 bits per heavy atom. The van der Waals surface area contributed by atoms with Crippen molar-refractivity contribution in [2.24, 2.45) is 5.73 Å². The average molecular weight is 271 g/mol. The van der Waals surface area contributed by atoms with Gasteiger partial charge < -0.3 is 11.1 Å². The lowest BCUT2D eigenvalue weighted by Crippen LogP contribution is -2.15. The first-order chi connectivity index (χ1) is 9.06. The summed E-state index contributed by atoms with van der Waals surface area (Å²) in [7, 11) is 0. The third-order valence-electron chi connectivity index (χ3n) is 2.53. The van der Waals surface area contributed by atoms with Crippen molar-refractivity contribution in [1.29, 1.82) is 0 Å². The van der Waals surface area contributed by atoms with Crippen molar-refractivity contribution in [2.45, 2.75) is 6.92 Å². The number of benzene rings is 1. The number of thiocarbonyl (C=S) groups is 1. The molecule has 0 spiro atoms. The van der Waals surface area contributed by atoms with Crippen molar-refractivity contribution < 1.29 is 4.79 Å². The fraction of sp³-hybridized carbons (Fsp3) is 0.0714. The number of amides is 1. The SMILES string of the molecule is Cc1cccc(C(=O)Nc2cccc(C(N)=S)c2)n1. The van der Waals surface area contributed by atoms with E-state index in [1.165, 1.54) is 0 Å². The van der Waals surface area contributed by atoms with E-state index in [1.807, 2.05) is 13.0 Å². The van der Waals surface area contributed by atoms with Crippen LogP contribution in [0.25, 0.3) is 0 Å². The van der Waals surface area contributed by atoms with Gasteiger partial charge in [-0.15, -0.1) is 0 Å². The number of nitrogens with two attached hydrogens (primary N) is 1. The number of carbonyl (C=O) groups is 1. The van der Waals surface area contributed by atoms with E-state index in [-0.39, 0.29) is 5.91 Å². The van der Waals surface area contributed by atoms with Gasteiger partial charge in [0.15, 0.2) is 0 Å². The molecule has 0 radical (unpaired) electrons. The number of hydrogen-bond acceptors (Lipinski definition) is 3. The molecule has 19 heavy (non-hydrogen) atoms. The van der Waals surface area contributed by atoms with Gasteiger partial charge in [-0.2, -0.15) is 0 Å². The minimum atomic E-state index is -0.260. The largest absolute Gasteiger partial charge is 0.389 e. The van der Waals surface area contributed by atoms with Crippen LogP contribution in [-0.4, -0.2) is 15.9 Å². The summed E-state index contributed by atoms with van der Waals surface area (Å²) in [6.07, 6.45) is 0. The van der Waals surface area contributed by atoms with Crippen molar-refractivity contribution in [3.8, 4) is 0 Å². The third-order valence-corrected chi connectivity index (χ3v) is 2.76. The molecule has 2 aromatic rings. The van der Waals surface area contributed by atoms with Crippen LogP contribution < -0.4 is 11.1 Å². The van der Waals surface area contributed by atoms with Crippen molar-refractivity contribution in [3.63, 3.8) is 0 Å². The van der Waals surface area contributed by atoms with Gasteiger partial charge in [0, 0.05) is 16.9 Å². The number of nitrogens with zero attached hydrogens (tertiary/aromatic N) is 1. The summed E-state index contributed by atoms with van der Waals surface area (Å²) in [6, 6.07) is 12.4. The number of nitrogens with one attached hydrogen (secondary N) is 1. The van der Waals surface area contributed by atoms with Gasteiger partial charge in [-0.3, -0.25) is 4.79 Å². The van der Waals surface area contributed by atoms with Gasteiger partial charge in [0.05, 0.1) is 0 Å². The van der Waals surface area contributed by atoms with Gasteiger partial charge in [0.1, 0.15) is 10.7 Å². The molecule has 3 N–H and O–H groups in total. The molecule has 1 heterocycles. The Hall–Kier alpha value is -2.27. The van der Waals surface area contributed by atoms with Crippen molar-refractivity contribution >= 4 is 28.8 Å². The van der Waals surface area contributed by atoms with Gasteiger partial charge in [-0.25, -0.2) is 4.98 Å². The highest BCUT2D eigenvalue weighted by molar-refractivity contribution is 7.80. The predicted octanol–water partition coefficient (Wildman–Crippen LogP) is 2.28. The lowest BCUT2D eigenvalue weighted by atomic mass is 10.2. The van der Waals surface area contributed by atoms with Crippen LogP contribution >= 0.6 is 12.2 Å². The van der Waals surface area contributed by atoms with E-state index in [9.17, 15) is 4.79 Å². The number of aryl methyl sites for hydroxylation is 1. The molecule has 0 bridgehead atoms. The fourth-order valence-corrected chi connectivity index (χ4v) is 1.74. The van der Waals surface area contributed by atoms with Crippen LogP contribution in [-0.2, 0) is 0 Å². The van der Waals surface area contributed by atoms with E-state index in [4.69, 9.17) is 18.0 Å². The molecule has 0 saturated heterocycles. The Bertz CT molecular complexity index is 640. The zero-order chi connectivity index (χ0) is 13.8. The normalized spacial score (nSPS) is 9.95. The summed E-state index contributed by atoms with van der Waals surface area (Å²) in [5.74, 6) is -0.260. The maximum atomic E-state index is 12.0. The first kappa shape index (κ1) is 13.2. The summed E-state index contributed by atoms with van der Waals surface area (Å²) in [6.45, 7) is 1.84. The van der Waals surface area contributed by atoms with Crippen LogP contribution in [0, 0.1) is 6.92 Å². The van der Waals surface area contributed by atoms with Gasteiger partial charge in [-0.05, 0) is 31.2 Å². The van der Waals surface area contributed by atoms with E-state index in [2.05, 4.69) is 10.3 Å². The molecule has 0 aliphatic rings. The van der Waals surface area contributed by atoms with Crippen LogP contribution in [0.15, 0.2) is 42.5 Å². The van der Waals surface area contributed by atoms with Gasteiger partial charge in [0.25, 0.3) is 5.91 Å². The zero-order valence-electron chi connectivity index (χ0n) is 10.4. The van der Waals surface area contributed by atoms with E-state index in [0.717, 1.165) is 5.69 Å². The van der Waals surface area contributed by atoms with Crippen LogP contribution in [0.1, 0.15) is 21.7 Å². The second-order valence-corrected chi connectivity index (χ2v) is 4.50. The second kappa shape index (κ2) is 5.58. The molecule has 0 unspecified atom stereocenters.